The minimum atomic E-state index is -1.16. The lowest BCUT2D eigenvalue weighted by atomic mass is 10.1. The summed E-state index contributed by atoms with van der Waals surface area (Å²) in [5.41, 5.74) is 5.36. The SMILES string of the molecule is CC(C(=O)O)=C(C)C(=O)Nc1sccc1C(N)=O. The Balaban J connectivity index is 2.95. The number of carbonyl (C=O) groups is 3. The van der Waals surface area contributed by atoms with Gasteiger partial charge in [-0.2, -0.15) is 0 Å². The second-order valence-electron chi connectivity index (χ2n) is 3.54. The van der Waals surface area contributed by atoms with Crippen LogP contribution in [0.2, 0.25) is 0 Å². The van der Waals surface area contributed by atoms with E-state index in [1.807, 2.05) is 0 Å². The molecule has 0 unspecified atom stereocenters. The molecule has 1 heterocycles. The van der Waals surface area contributed by atoms with Crippen molar-refractivity contribution in [1.29, 1.82) is 0 Å². The Morgan fingerprint density at radius 2 is 1.89 bits per heavy atom. The lowest BCUT2D eigenvalue weighted by Gasteiger charge is -2.06. The molecule has 0 aliphatic rings. The average Bonchev–Trinajstić information content (AvgIpc) is 2.74. The lowest BCUT2D eigenvalue weighted by molar-refractivity contribution is -0.133. The molecule has 0 aliphatic heterocycles. The van der Waals surface area contributed by atoms with Gasteiger partial charge in [0.05, 0.1) is 5.56 Å². The monoisotopic (exact) mass is 268 g/mol. The van der Waals surface area contributed by atoms with Gasteiger partial charge in [0.15, 0.2) is 0 Å². The third kappa shape index (κ3) is 2.95. The van der Waals surface area contributed by atoms with Crippen LogP contribution < -0.4 is 11.1 Å². The Bertz CT molecular complexity index is 545. The number of nitrogens with two attached hydrogens (primary N) is 1. The second-order valence-corrected chi connectivity index (χ2v) is 4.45. The summed E-state index contributed by atoms with van der Waals surface area (Å²) in [6.07, 6.45) is 0. The standard InChI is InChI=1S/C11H12N2O4S/c1-5(6(2)11(16)17)9(15)13-10-7(8(12)14)3-4-18-10/h3-4H,1-2H3,(H2,12,14)(H,13,15)(H,16,17). The highest BCUT2D eigenvalue weighted by Gasteiger charge is 2.16. The highest BCUT2D eigenvalue weighted by Crippen LogP contribution is 2.23. The molecule has 0 aliphatic carbocycles. The topological polar surface area (TPSA) is 109 Å². The van der Waals surface area contributed by atoms with Crippen molar-refractivity contribution in [2.45, 2.75) is 13.8 Å². The zero-order valence-electron chi connectivity index (χ0n) is 9.81. The predicted octanol–water partition coefficient (Wildman–Crippen LogP) is 1.21. The van der Waals surface area contributed by atoms with Gasteiger partial charge in [-0.15, -0.1) is 11.3 Å². The van der Waals surface area contributed by atoms with Crippen LogP contribution in [0.3, 0.4) is 0 Å². The number of amides is 2. The molecule has 96 valence electrons. The lowest BCUT2D eigenvalue weighted by Crippen LogP contribution is -2.18. The summed E-state index contributed by atoms with van der Waals surface area (Å²) in [6, 6.07) is 1.49. The van der Waals surface area contributed by atoms with Crippen LogP contribution in [0, 0.1) is 0 Å². The molecule has 1 rings (SSSR count). The highest BCUT2D eigenvalue weighted by atomic mass is 32.1. The van der Waals surface area contributed by atoms with Gasteiger partial charge in [0, 0.05) is 11.1 Å². The van der Waals surface area contributed by atoms with Crippen molar-refractivity contribution < 1.29 is 19.5 Å². The average molecular weight is 268 g/mol. The molecule has 0 atom stereocenters. The van der Waals surface area contributed by atoms with Gasteiger partial charge in [0.25, 0.3) is 11.8 Å². The number of hydrogen-bond donors (Lipinski definition) is 3. The zero-order chi connectivity index (χ0) is 13.9. The fourth-order valence-electron chi connectivity index (χ4n) is 1.13. The fourth-order valence-corrected chi connectivity index (χ4v) is 1.92. The smallest absolute Gasteiger partial charge is 0.331 e. The number of carbonyl (C=O) groups excluding carboxylic acids is 2. The number of anilines is 1. The summed E-state index contributed by atoms with van der Waals surface area (Å²) in [5, 5.41) is 13.1. The normalized spacial score (nSPS) is 11.7. The summed E-state index contributed by atoms with van der Waals surface area (Å²) >= 11 is 1.14. The predicted molar refractivity (Wildman–Crippen MR) is 67.5 cm³/mol. The Hall–Kier alpha value is -2.15. The van der Waals surface area contributed by atoms with Gasteiger partial charge < -0.3 is 16.2 Å². The summed E-state index contributed by atoms with van der Waals surface area (Å²) in [5.74, 6) is -2.38. The molecular formula is C11H12N2O4S. The van der Waals surface area contributed by atoms with Gasteiger partial charge in [0.2, 0.25) is 0 Å². The van der Waals surface area contributed by atoms with Crippen LogP contribution in [-0.2, 0) is 9.59 Å². The summed E-state index contributed by atoms with van der Waals surface area (Å²) in [7, 11) is 0. The Morgan fingerprint density at radius 1 is 1.28 bits per heavy atom. The molecule has 7 heteroatoms. The van der Waals surface area contributed by atoms with E-state index in [4.69, 9.17) is 10.8 Å². The van der Waals surface area contributed by atoms with Crippen LogP contribution >= 0.6 is 11.3 Å². The van der Waals surface area contributed by atoms with Crippen molar-refractivity contribution >= 4 is 34.1 Å². The van der Waals surface area contributed by atoms with E-state index in [1.165, 1.54) is 19.9 Å². The first-order valence-electron chi connectivity index (χ1n) is 4.94. The van der Waals surface area contributed by atoms with Gasteiger partial charge in [-0.05, 0) is 25.3 Å². The summed E-state index contributed by atoms with van der Waals surface area (Å²) < 4.78 is 0. The van der Waals surface area contributed by atoms with E-state index in [-0.39, 0.29) is 16.7 Å². The van der Waals surface area contributed by atoms with Gasteiger partial charge in [-0.25, -0.2) is 4.79 Å². The number of rotatable bonds is 4. The Labute approximate surface area is 107 Å². The van der Waals surface area contributed by atoms with Gasteiger partial charge in [0.1, 0.15) is 5.00 Å². The van der Waals surface area contributed by atoms with Crippen molar-refractivity contribution in [3.63, 3.8) is 0 Å². The maximum absolute atomic E-state index is 11.8. The number of aliphatic carboxylic acids is 1. The van der Waals surface area contributed by atoms with E-state index in [0.29, 0.717) is 5.00 Å². The van der Waals surface area contributed by atoms with Crippen LogP contribution in [0.5, 0.6) is 0 Å². The molecule has 0 bridgehead atoms. The minimum absolute atomic E-state index is 0.0512. The van der Waals surface area contributed by atoms with Crippen molar-refractivity contribution in [2.24, 2.45) is 5.73 Å². The van der Waals surface area contributed by atoms with Gasteiger partial charge in [-0.1, -0.05) is 0 Å². The molecule has 1 aromatic heterocycles. The van der Waals surface area contributed by atoms with E-state index in [9.17, 15) is 14.4 Å². The maximum Gasteiger partial charge on any atom is 0.331 e. The molecule has 0 aromatic carbocycles. The fraction of sp³-hybridized carbons (Fsp3) is 0.182. The first-order valence-corrected chi connectivity index (χ1v) is 5.82. The van der Waals surface area contributed by atoms with Crippen molar-refractivity contribution in [3.8, 4) is 0 Å². The van der Waals surface area contributed by atoms with Crippen LogP contribution in [0.25, 0.3) is 0 Å². The number of primary amides is 1. The molecule has 18 heavy (non-hydrogen) atoms. The molecule has 1 aromatic rings. The molecule has 6 nitrogen and oxygen atoms in total. The third-order valence-electron chi connectivity index (χ3n) is 2.38. The van der Waals surface area contributed by atoms with E-state index < -0.39 is 17.8 Å². The molecule has 0 radical (unpaired) electrons. The molecule has 4 N–H and O–H groups in total. The van der Waals surface area contributed by atoms with Crippen molar-refractivity contribution in [2.75, 3.05) is 5.32 Å². The van der Waals surface area contributed by atoms with Gasteiger partial charge >= 0.3 is 5.97 Å². The van der Waals surface area contributed by atoms with Crippen molar-refractivity contribution in [1.82, 2.24) is 0 Å². The molecule has 0 saturated heterocycles. The largest absolute Gasteiger partial charge is 0.478 e. The first-order chi connectivity index (χ1) is 8.34. The van der Waals surface area contributed by atoms with Crippen LogP contribution in [-0.4, -0.2) is 22.9 Å². The Morgan fingerprint density at radius 3 is 2.39 bits per heavy atom. The second kappa shape index (κ2) is 5.46. The number of carboxylic acid groups (broad SMARTS) is 1. The summed E-state index contributed by atoms with van der Waals surface area (Å²) in [6.45, 7) is 2.73. The number of carboxylic acids is 1. The first kappa shape index (κ1) is 13.9. The quantitative estimate of drug-likeness (QED) is 0.713. The number of thiophene rings is 1. The molecule has 2 amide bonds. The maximum atomic E-state index is 11.8. The Kier molecular flexibility index (Phi) is 4.22. The van der Waals surface area contributed by atoms with E-state index in [0.717, 1.165) is 11.3 Å². The van der Waals surface area contributed by atoms with Gasteiger partial charge in [-0.3, -0.25) is 9.59 Å². The minimum Gasteiger partial charge on any atom is -0.478 e. The van der Waals surface area contributed by atoms with Crippen LogP contribution in [0.4, 0.5) is 5.00 Å². The number of nitrogens with one attached hydrogen (secondary N) is 1. The number of hydrogen-bond acceptors (Lipinski definition) is 4. The van der Waals surface area contributed by atoms with Crippen molar-refractivity contribution in [3.05, 3.63) is 28.2 Å². The molecular weight excluding hydrogens is 256 g/mol. The summed E-state index contributed by atoms with van der Waals surface area (Å²) in [4.78, 5) is 33.5. The molecule has 0 saturated carbocycles. The van der Waals surface area contributed by atoms with E-state index in [1.54, 1.807) is 5.38 Å². The zero-order valence-corrected chi connectivity index (χ0v) is 10.6. The highest BCUT2D eigenvalue weighted by molar-refractivity contribution is 7.14. The third-order valence-corrected chi connectivity index (χ3v) is 3.21. The van der Waals surface area contributed by atoms with Crippen LogP contribution in [0.1, 0.15) is 24.2 Å². The van der Waals surface area contributed by atoms with E-state index in [2.05, 4.69) is 5.32 Å². The van der Waals surface area contributed by atoms with E-state index >= 15 is 0 Å². The molecule has 0 spiro atoms. The molecule has 0 fully saturated rings. The van der Waals surface area contributed by atoms with Crippen LogP contribution in [0.15, 0.2) is 22.6 Å².